The summed E-state index contributed by atoms with van der Waals surface area (Å²) in [5, 5.41) is 13.8. The Morgan fingerprint density at radius 3 is 2.82 bits per heavy atom. The first kappa shape index (κ1) is 12.8. The monoisotopic (exact) mass is 254 g/mol. The van der Waals surface area contributed by atoms with Gasteiger partial charge in [0.25, 0.3) is 0 Å². The molecule has 0 bridgehead atoms. The summed E-state index contributed by atoms with van der Waals surface area (Å²) in [4.78, 5) is 2.49. The lowest BCUT2D eigenvalue weighted by molar-refractivity contribution is 0.185. The van der Waals surface area contributed by atoms with Crippen LogP contribution in [0, 0.1) is 5.92 Å². The van der Waals surface area contributed by atoms with Gasteiger partial charge in [0, 0.05) is 6.54 Å². The number of aromatic nitrogens is 2. The fourth-order valence-corrected chi connectivity index (χ4v) is 2.84. The smallest absolute Gasteiger partial charge is 0.205 e. The quantitative estimate of drug-likeness (QED) is 0.877. The first-order valence-corrected chi connectivity index (χ1v) is 7.38. The third-order valence-electron chi connectivity index (χ3n) is 3.23. The van der Waals surface area contributed by atoms with E-state index in [0.717, 1.165) is 35.6 Å². The Kier molecular flexibility index (Phi) is 4.74. The predicted molar refractivity (Wildman–Crippen MR) is 72.4 cm³/mol. The van der Waals surface area contributed by atoms with Gasteiger partial charge >= 0.3 is 0 Å². The number of likely N-dealkylation sites (tertiary alicyclic amines) is 1. The van der Waals surface area contributed by atoms with E-state index in [4.69, 9.17) is 0 Å². The molecule has 0 unspecified atom stereocenters. The van der Waals surface area contributed by atoms with Crippen molar-refractivity contribution in [1.29, 1.82) is 0 Å². The van der Waals surface area contributed by atoms with Crippen molar-refractivity contribution in [2.75, 3.05) is 25.0 Å². The highest BCUT2D eigenvalue weighted by Gasteiger charge is 2.17. The van der Waals surface area contributed by atoms with Crippen LogP contribution >= 0.6 is 11.3 Å². The molecule has 1 saturated heterocycles. The van der Waals surface area contributed by atoms with Gasteiger partial charge in [0.1, 0.15) is 5.01 Å². The Bertz CT molecular complexity index is 331. The van der Waals surface area contributed by atoms with Crippen molar-refractivity contribution in [2.24, 2.45) is 5.92 Å². The zero-order chi connectivity index (χ0) is 12.1. The van der Waals surface area contributed by atoms with Crippen LogP contribution in [0.2, 0.25) is 0 Å². The van der Waals surface area contributed by atoms with Crippen LogP contribution in [0.1, 0.15) is 38.1 Å². The van der Waals surface area contributed by atoms with Crippen molar-refractivity contribution in [3.8, 4) is 0 Å². The Labute approximate surface area is 107 Å². The van der Waals surface area contributed by atoms with Crippen LogP contribution in [0.15, 0.2) is 0 Å². The van der Waals surface area contributed by atoms with E-state index >= 15 is 0 Å². The summed E-state index contributed by atoms with van der Waals surface area (Å²) in [6, 6.07) is 0. The second kappa shape index (κ2) is 6.31. The number of anilines is 1. The van der Waals surface area contributed by atoms with Gasteiger partial charge in [-0.15, -0.1) is 10.2 Å². The van der Waals surface area contributed by atoms with Gasteiger partial charge in [-0.25, -0.2) is 0 Å². The van der Waals surface area contributed by atoms with Crippen molar-refractivity contribution < 1.29 is 0 Å². The van der Waals surface area contributed by atoms with Gasteiger partial charge in [0.2, 0.25) is 5.13 Å². The molecule has 1 aromatic heterocycles. The number of hydrogen-bond donors (Lipinski definition) is 1. The molecule has 1 aliphatic heterocycles. The van der Waals surface area contributed by atoms with Crippen molar-refractivity contribution in [3.05, 3.63) is 5.01 Å². The van der Waals surface area contributed by atoms with Crippen molar-refractivity contribution in [2.45, 2.75) is 39.7 Å². The van der Waals surface area contributed by atoms with Gasteiger partial charge in [0.15, 0.2) is 0 Å². The molecule has 0 aliphatic carbocycles. The summed E-state index contributed by atoms with van der Waals surface area (Å²) in [7, 11) is 0. The summed E-state index contributed by atoms with van der Waals surface area (Å²) >= 11 is 1.69. The summed E-state index contributed by atoms with van der Waals surface area (Å²) in [5.41, 5.74) is 0. The molecule has 2 heterocycles. The number of rotatable bonds is 5. The van der Waals surface area contributed by atoms with Crippen LogP contribution in [-0.4, -0.2) is 34.7 Å². The number of hydrogen-bond acceptors (Lipinski definition) is 5. The highest BCUT2D eigenvalue weighted by atomic mass is 32.1. The van der Waals surface area contributed by atoms with Crippen LogP contribution in [0.3, 0.4) is 0 Å². The van der Waals surface area contributed by atoms with Crippen LogP contribution in [0.5, 0.6) is 0 Å². The Hall–Kier alpha value is -0.680. The molecule has 1 aliphatic rings. The highest BCUT2D eigenvalue weighted by Crippen LogP contribution is 2.21. The second-order valence-corrected chi connectivity index (χ2v) is 5.95. The molecule has 5 heteroatoms. The van der Waals surface area contributed by atoms with Crippen LogP contribution < -0.4 is 5.32 Å². The fraction of sp³-hybridized carbons (Fsp3) is 0.833. The highest BCUT2D eigenvalue weighted by molar-refractivity contribution is 7.15. The molecule has 1 fully saturated rings. The second-order valence-electron chi connectivity index (χ2n) is 4.89. The molecule has 96 valence electrons. The summed E-state index contributed by atoms with van der Waals surface area (Å²) in [6.07, 6.45) is 3.76. The van der Waals surface area contributed by atoms with E-state index in [0.29, 0.717) is 0 Å². The van der Waals surface area contributed by atoms with Crippen molar-refractivity contribution in [1.82, 2.24) is 15.1 Å². The van der Waals surface area contributed by atoms with Crippen molar-refractivity contribution in [3.63, 3.8) is 0 Å². The minimum absolute atomic E-state index is 0.891. The van der Waals surface area contributed by atoms with E-state index < -0.39 is 0 Å². The van der Waals surface area contributed by atoms with Crippen LogP contribution in [0.4, 0.5) is 5.13 Å². The molecule has 0 atom stereocenters. The predicted octanol–water partition coefficient (Wildman–Crippen LogP) is 2.59. The molecule has 0 aromatic carbocycles. The zero-order valence-electron chi connectivity index (χ0n) is 10.8. The zero-order valence-corrected chi connectivity index (χ0v) is 11.6. The lowest BCUT2D eigenvalue weighted by atomic mass is 9.99. The maximum atomic E-state index is 4.25. The standard InChI is InChI=1S/C12H22N4S/c1-3-6-13-12-15-14-11(17-12)9-16-7-4-10(2)5-8-16/h10H,3-9H2,1-2H3,(H,13,15). The third-order valence-corrected chi connectivity index (χ3v) is 4.09. The van der Waals surface area contributed by atoms with Gasteiger partial charge in [-0.2, -0.15) is 0 Å². The molecular formula is C12H22N4S. The molecule has 0 radical (unpaired) electrons. The molecule has 0 spiro atoms. The maximum absolute atomic E-state index is 4.25. The molecule has 0 saturated carbocycles. The van der Waals surface area contributed by atoms with E-state index in [9.17, 15) is 0 Å². The minimum atomic E-state index is 0.891. The van der Waals surface area contributed by atoms with Gasteiger partial charge in [-0.1, -0.05) is 25.2 Å². The normalized spacial score (nSPS) is 18.5. The van der Waals surface area contributed by atoms with Gasteiger partial charge in [-0.05, 0) is 38.3 Å². The molecule has 1 N–H and O–H groups in total. The largest absolute Gasteiger partial charge is 0.360 e. The average molecular weight is 254 g/mol. The number of nitrogens with zero attached hydrogens (tertiary/aromatic N) is 3. The van der Waals surface area contributed by atoms with Crippen LogP contribution in [0.25, 0.3) is 0 Å². The summed E-state index contributed by atoms with van der Waals surface area (Å²) in [6.45, 7) is 8.86. The van der Waals surface area contributed by atoms with E-state index in [2.05, 4.69) is 34.3 Å². The van der Waals surface area contributed by atoms with E-state index in [1.807, 2.05) is 0 Å². The maximum Gasteiger partial charge on any atom is 0.205 e. The van der Waals surface area contributed by atoms with Gasteiger partial charge in [0.05, 0.1) is 6.54 Å². The minimum Gasteiger partial charge on any atom is -0.360 e. The Morgan fingerprint density at radius 2 is 2.12 bits per heavy atom. The number of nitrogens with one attached hydrogen (secondary N) is 1. The van der Waals surface area contributed by atoms with Crippen LogP contribution in [-0.2, 0) is 6.54 Å². The SMILES string of the molecule is CCCNc1nnc(CN2CCC(C)CC2)s1. The molecule has 4 nitrogen and oxygen atoms in total. The Morgan fingerprint density at radius 1 is 1.35 bits per heavy atom. The van der Waals surface area contributed by atoms with Crippen molar-refractivity contribution >= 4 is 16.5 Å². The third kappa shape index (κ3) is 3.92. The summed E-state index contributed by atoms with van der Waals surface area (Å²) in [5.74, 6) is 0.891. The van der Waals surface area contributed by atoms with Gasteiger partial charge < -0.3 is 5.32 Å². The molecule has 2 rings (SSSR count). The Balaban J connectivity index is 1.80. The lowest BCUT2D eigenvalue weighted by Crippen LogP contribution is -2.32. The van der Waals surface area contributed by atoms with E-state index in [-0.39, 0.29) is 0 Å². The van der Waals surface area contributed by atoms with E-state index in [1.54, 1.807) is 11.3 Å². The topological polar surface area (TPSA) is 41.1 Å². The fourth-order valence-electron chi connectivity index (χ4n) is 2.03. The molecule has 0 amide bonds. The molecule has 1 aromatic rings. The molecular weight excluding hydrogens is 232 g/mol. The van der Waals surface area contributed by atoms with Gasteiger partial charge in [-0.3, -0.25) is 4.90 Å². The lowest BCUT2D eigenvalue weighted by Gasteiger charge is -2.29. The summed E-state index contributed by atoms with van der Waals surface area (Å²) < 4.78 is 0. The molecule has 17 heavy (non-hydrogen) atoms. The first-order chi connectivity index (χ1) is 8.28. The average Bonchev–Trinajstić information content (AvgIpc) is 2.77. The number of piperidine rings is 1. The first-order valence-electron chi connectivity index (χ1n) is 6.56. The van der Waals surface area contributed by atoms with E-state index in [1.165, 1.54) is 25.9 Å².